The number of amides is 2. The fourth-order valence-corrected chi connectivity index (χ4v) is 2.62. The van der Waals surface area contributed by atoms with Gasteiger partial charge in [0.15, 0.2) is 5.82 Å². The van der Waals surface area contributed by atoms with Crippen LogP contribution >= 0.6 is 0 Å². The summed E-state index contributed by atoms with van der Waals surface area (Å²) in [6.07, 6.45) is 2.11. The molecule has 1 saturated carbocycles. The summed E-state index contributed by atoms with van der Waals surface area (Å²) in [4.78, 5) is 24.3. The average Bonchev–Trinajstić information content (AvgIpc) is 3.29. The summed E-state index contributed by atoms with van der Waals surface area (Å²) < 4.78 is 4.87. The van der Waals surface area contributed by atoms with Crippen molar-refractivity contribution in [1.29, 1.82) is 0 Å². The van der Waals surface area contributed by atoms with Crippen LogP contribution in [0.2, 0.25) is 0 Å². The number of hydrogen-bond acceptors (Lipinski definition) is 4. The highest BCUT2D eigenvalue weighted by molar-refractivity contribution is 5.95. The normalized spacial score (nSPS) is 15.0. The maximum atomic E-state index is 12.5. The van der Waals surface area contributed by atoms with Crippen LogP contribution in [0.15, 0.2) is 40.9 Å². The summed E-state index contributed by atoms with van der Waals surface area (Å²) in [5.74, 6) is 0.724. The first-order valence-corrected chi connectivity index (χ1v) is 7.69. The highest BCUT2D eigenvalue weighted by Crippen LogP contribution is 2.42. The fraction of sp³-hybridized carbons (Fsp3) is 0.353. The first-order chi connectivity index (χ1) is 11.1. The van der Waals surface area contributed by atoms with Gasteiger partial charge in [0.1, 0.15) is 5.76 Å². The van der Waals surface area contributed by atoms with Crippen LogP contribution in [0.25, 0.3) is 0 Å². The van der Waals surface area contributed by atoms with E-state index in [0.29, 0.717) is 17.5 Å². The van der Waals surface area contributed by atoms with Crippen molar-refractivity contribution in [2.24, 2.45) is 5.92 Å². The Morgan fingerprint density at radius 1 is 1.30 bits per heavy atom. The highest BCUT2D eigenvalue weighted by Gasteiger charge is 2.37. The lowest BCUT2D eigenvalue weighted by molar-refractivity contribution is -0.125. The number of carbonyl (C=O) groups is 2. The zero-order chi connectivity index (χ0) is 16.2. The molecule has 120 valence electrons. The Hall–Kier alpha value is -2.63. The Balaban J connectivity index is 1.56. The standard InChI is InChI=1S/C17H19N3O3/c1-11-9-14(20-23-11)19-15(21)10-18-17(22)16(13-7-8-13)12-5-3-2-4-6-12/h2-6,9,13,16H,7-8,10H2,1H3,(H,18,22)(H,19,20,21). The molecule has 1 aromatic carbocycles. The van der Waals surface area contributed by atoms with Crippen LogP contribution in [0, 0.1) is 12.8 Å². The van der Waals surface area contributed by atoms with Crippen LogP contribution < -0.4 is 10.6 Å². The Labute approximate surface area is 134 Å². The van der Waals surface area contributed by atoms with Gasteiger partial charge in [0.2, 0.25) is 11.8 Å². The van der Waals surface area contributed by atoms with Crippen molar-refractivity contribution in [2.45, 2.75) is 25.7 Å². The van der Waals surface area contributed by atoms with Crippen molar-refractivity contribution < 1.29 is 14.1 Å². The third-order valence-corrected chi connectivity index (χ3v) is 3.85. The minimum Gasteiger partial charge on any atom is -0.360 e. The van der Waals surface area contributed by atoms with Gasteiger partial charge < -0.3 is 15.2 Å². The molecule has 1 aliphatic carbocycles. The zero-order valence-corrected chi connectivity index (χ0v) is 12.9. The van der Waals surface area contributed by atoms with Crippen LogP contribution in [0.5, 0.6) is 0 Å². The summed E-state index contributed by atoms with van der Waals surface area (Å²) in [7, 11) is 0. The number of carbonyl (C=O) groups excluding carboxylic acids is 2. The fourth-order valence-electron chi connectivity index (χ4n) is 2.62. The molecule has 0 saturated heterocycles. The quantitative estimate of drug-likeness (QED) is 0.856. The van der Waals surface area contributed by atoms with Crippen molar-refractivity contribution in [3.63, 3.8) is 0 Å². The van der Waals surface area contributed by atoms with E-state index in [9.17, 15) is 9.59 Å². The maximum Gasteiger partial charge on any atom is 0.245 e. The van der Waals surface area contributed by atoms with Crippen molar-refractivity contribution in [2.75, 3.05) is 11.9 Å². The van der Waals surface area contributed by atoms with Gasteiger partial charge in [0.05, 0.1) is 12.5 Å². The van der Waals surface area contributed by atoms with Gasteiger partial charge in [-0.15, -0.1) is 0 Å². The molecule has 6 nitrogen and oxygen atoms in total. The molecule has 6 heteroatoms. The number of rotatable bonds is 6. The Kier molecular flexibility index (Phi) is 4.41. The number of aromatic nitrogens is 1. The van der Waals surface area contributed by atoms with E-state index in [1.807, 2.05) is 30.3 Å². The molecule has 0 bridgehead atoms. The molecule has 2 aromatic rings. The second kappa shape index (κ2) is 6.64. The maximum absolute atomic E-state index is 12.5. The van der Waals surface area contributed by atoms with E-state index < -0.39 is 0 Å². The molecule has 3 rings (SSSR count). The number of nitrogens with zero attached hydrogens (tertiary/aromatic N) is 1. The summed E-state index contributed by atoms with van der Waals surface area (Å²) >= 11 is 0. The second-order valence-corrected chi connectivity index (χ2v) is 5.81. The summed E-state index contributed by atoms with van der Waals surface area (Å²) in [5, 5.41) is 8.99. The molecule has 1 fully saturated rings. The lowest BCUT2D eigenvalue weighted by atomic mass is 9.93. The third-order valence-electron chi connectivity index (χ3n) is 3.85. The smallest absolute Gasteiger partial charge is 0.245 e. The molecule has 0 radical (unpaired) electrons. The lowest BCUT2D eigenvalue weighted by Crippen LogP contribution is -2.36. The van der Waals surface area contributed by atoms with E-state index in [1.54, 1.807) is 13.0 Å². The minimum atomic E-state index is -0.325. The second-order valence-electron chi connectivity index (χ2n) is 5.81. The number of anilines is 1. The summed E-state index contributed by atoms with van der Waals surface area (Å²) in [6, 6.07) is 11.3. The van der Waals surface area contributed by atoms with Gasteiger partial charge in [0, 0.05) is 6.07 Å². The third kappa shape index (κ3) is 3.97. The predicted octanol–water partition coefficient (Wildman–Crippen LogP) is 2.23. The molecule has 2 amide bonds. The Bertz CT molecular complexity index is 692. The molecule has 23 heavy (non-hydrogen) atoms. The van der Waals surface area contributed by atoms with Crippen LogP contribution in [0.1, 0.15) is 30.1 Å². The molecule has 0 spiro atoms. The van der Waals surface area contributed by atoms with E-state index in [-0.39, 0.29) is 24.3 Å². The lowest BCUT2D eigenvalue weighted by Gasteiger charge is -2.16. The van der Waals surface area contributed by atoms with Crippen LogP contribution in [0.3, 0.4) is 0 Å². The largest absolute Gasteiger partial charge is 0.360 e. The Morgan fingerprint density at radius 2 is 2.04 bits per heavy atom. The summed E-state index contributed by atoms with van der Waals surface area (Å²) in [6.45, 7) is 1.66. The number of aryl methyl sites for hydroxylation is 1. The SMILES string of the molecule is Cc1cc(NC(=O)CNC(=O)C(c2ccccc2)C2CC2)no1. The average molecular weight is 313 g/mol. The first-order valence-electron chi connectivity index (χ1n) is 7.69. The van der Waals surface area contributed by atoms with Gasteiger partial charge in [0.25, 0.3) is 0 Å². The van der Waals surface area contributed by atoms with Crippen molar-refractivity contribution >= 4 is 17.6 Å². The van der Waals surface area contributed by atoms with E-state index >= 15 is 0 Å². The van der Waals surface area contributed by atoms with E-state index in [0.717, 1.165) is 18.4 Å². The van der Waals surface area contributed by atoms with Gasteiger partial charge in [-0.1, -0.05) is 35.5 Å². The first kappa shape index (κ1) is 15.3. The van der Waals surface area contributed by atoms with Gasteiger partial charge in [-0.05, 0) is 31.2 Å². The van der Waals surface area contributed by atoms with Crippen LogP contribution in [-0.4, -0.2) is 23.5 Å². The number of benzene rings is 1. The van der Waals surface area contributed by atoms with E-state index in [4.69, 9.17) is 4.52 Å². The molecule has 2 N–H and O–H groups in total. The highest BCUT2D eigenvalue weighted by atomic mass is 16.5. The van der Waals surface area contributed by atoms with E-state index in [2.05, 4.69) is 15.8 Å². The van der Waals surface area contributed by atoms with E-state index in [1.165, 1.54) is 0 Å². The number of nitrogens with one attached hydrogen (secondary N) is 2. The van der Waals surface area contributed by atoms with Gasteiger partial charge >= 0.3 is 0 Å². The van der Waals surface area contributed by atoms with Crippen LogP contribution in [0.4, 0.5) is 5.82 Å². The molecular weight excluding hydrogens is 294 g/mol. The Morgan fingerprint density at radius 3 is 2.65 bits per heavy atom. The van der Waals surface area contributed by atoms with Gasteiger partial charge in [-0.3, -0.25) is 9.59 Å². The molecule has 1 unspecified atom stereocenters. The van der Waals surface area contributed by atoms with Crippen molar-refractivity contribution in [3.8, 4) is 0 Å². The van der Waals surface area contributed by atoms with Crippen LogP contribution in [-0.2, 0) is 9.59 Å². The van der Waals surface area contributed by atoms with Crippen molar-refractivity contribution in [3.05, 3.63) is 47.7 Å². The minimum absolute atomic E-state index is 0.0825. The molecule has 1 aliphatic rings. The predicted molar refractivity (Wildman–Crippen MR) is 84.8 cm³/mol. The van der Waals surface area contributed by atoms with Gasteiger partial charge in [-0.25, -0.2) is 0 Å². The molecular formula is C17H19N3O3. The zero-order valence-electron chi connectivity index (χ0n) is 12.9. The van der Waals surface area contributed by atoms with Crippen molar-refractivity contribution in [1.82, 2.24) is 10.5 Å². The van der Waals surface area contributed by atoms with Gasteiger partial charge in [-0.2, -0.15) is 0 Å². The molecule has 0 aliphatic heterocycles. The summed E-state index contributed by atoms with van der Waals surface area (Å²) in [5.41, 5.74) is 1.00. The number of hydrogen-bond donors (Lipinski definition) is 2. The monoisotopic (exact) mass is 313 g/mol. The molecule has 1 atom stereocenters. The topological polar surface area (TPSA) is 84.2 Å². The molecule has 1 heterocycles. The molecule has 1 aromatic heterocycles.